The standard InChI is InChI=1S/C28H38O18S2.2C2H6S2/c1-9(29)17(37)19-23(39,11(3)31)27(43,15(7)35)25(41,13(5)33)21(45-19)47-48-22-26(42,14(6)34)28(44,16(8)36)24(40,12(4)32)20(46-22)18(38)10(2)30;2*1-2-4-3/h17-22,37-44H,1-8H3;2*3H,2H2,1H3/t17?,18?,19-,20-,21+,22+,23+,24+,25+,26+,27+,28+;;/m1../s1. The number of aliphatic hydroxyl groups is 8. The van der Waals surface area contributed by atoms with Crippen molar-refractivity contribution in [1.29, 1.82) is 0 Å². The van der Waals surface area contributed by atoms with E-state index in [4.69, 9.17) is 9.47 Å². The highest BCUT2D eigenvalue weighted by Gasteiger charge is 2.81. The molecule has 12 atom stereocenters. The predicted octanol–water partition coefficient (Wildman–Crippen LogP) is -1.19. The minimum absolute atomic E-state index is 0.0591. The lowest BCUT2D eigenvalue weighted by molar-refractivity contribution is -0.312. The van der Waals surface area contributed by atoms with Gasteiger partial charge < -0.3 is 50.3 Å². The zero-order chi connectivity index (χ0) is 44.7. The summed E-state index contributed by atoms with van der Waals surface area (Å²) < 4.78 is 11.0. The van der Waals surface area contributed by atoms with Crippen molar-refractivity contribution in [2.45, 2.75) is 138 Å². The predicted molar refractivity (Wildman–Crippen MR) is 214 cm³/mol. The van der Waals surface area contributed by atoms with Gasteiger partial charge in [0.15, 0.2) is 79.5 Å². The molecule has 2 fully saturated rings. The second-order valence-corrected chi connectivity index (χ2v) is 18.4. The zero-order valence-corrected chi connectivity index (χ0v) is 37.1. The molecule has 2 rings (SSSR count). The molecule has 2 aliphatic heterocycles. The van der Waals surface area contributed by atoms with Crippen molar-refractivity contribution < 1.29 is 88.7 Å². The molecule has 24 heteroatoms. The van der Waals surface area contributed by atoms with Crippen LogP contribution in [0.2, 0.25) is 0 Å². The van der Waals surface area contributed by atoms with Crippen LogP contribution in [0.15, 0.2) is 0 Å². The Kier molecular flexibility index (Phi) is 20.7. The number of carbonyl (C=O) groups excluding carboxylic acids is 8. The smallest absolute Gasteiger partial charge is 0.200 e. The third kappa shape index (κ3) is 9.05. The van der Waals surface area contributed by atoms with Crippen molar-refractivity contribution in [3.05, 3.63) is 0 Å². The lowest BCUT2D eigenvalue weighted by Crippen LogP contribution is -2.87. The molecule has 0 aromatic rings. The van der Waals surface area contributed by atoms with Crippen molar-refractivity contribution in [1.82, 2.24) is 0 Å². The molecule has 0 amide bonds. The number of hydrogen-bond donors (Lipinski definition) is 10. The zero-order valence-electron chi connectivity index (χ0n) is 32.1. The Bertz CT molecular complexity index is 1420. The number of ketones is 8. The summed E-state index contributed by atoms with van der Waals surface area (Å²) in [6.07, 6.45) is -10.2. The van der Waals surface area contributed by atoms with Crippen LogP contribution in [-0.2, 0) is 47.8 Å². The van der Waals surface area contributed by atoms with Crippen molar-refractivity contribution in [3.8, 4) is 0 Å². The molecule has 0 aliphatic carbocycles. The van der Waals surface area contributed by atoms with Gasteiger partial charge in [0.25, 0.3) is 0 Å². The fraction of sp³-hybridized carbons (Fsp3) is 0.750. The van der Waals surface area contributed by atoms with Crippen molar-refractivity contribution in [2.24, 2.45) is 0 Å². The molecule has 2 heterocycles. The van der Waals surface area contributed by atoms with E-state index in [-0.39, 0.29) is 21.6 Å². The average Bonchev–Trinajstić information content (AvgIpc) is 3.11. The van der Waals surface area contributed by atoms with Gasteiger partial charge in [-0.25, -0.2) is 0 Å². The second-order valence-electron chi connectivity index (χ2n) is 12.7. The first-order valence-electron chi connectivity index (χ1n) is 16.3. The van der Waals surface area contributed by atoms with E-state index in [0.29, 0.717) is 41.5 Å². The molecule has 2 unspecified atom stereocenters. The van der Waals surface area contributed by atoms with Gasteiger partial charge in [0.2, 0.25) is 11.2 Å². The Balaban J connectivity index is 0.00000343. The number of aliphatic hydroxyl groups excluding tert-OH is 2. The molecule has 8 N–H and O–H groups in total. The van der Waals surface area contributed by atoms with Gasteiger partial charge in [-0.1, -0.05) is 57.0 Å². The van der Waals surface area contributed by atoms with Crippen molar-refractivity contribution in [3.63, 3.8) is 0 Å². The average molecular weight is 915 g/mol. The Hall–Kier alpha value is -0.940. The Labute approximate surface area is 349 Å². The lowest BCUT2D eigenvalue weighted by atomic mass is 9.60. The molecule has 0 radical (unpaired) electrons. The number of ether oxygens (including phenoxy) is 2. The summed E-state index contributed by atoms with van der Waals surface area (Å²) in [6, 6.07) is 0. The lowest BCUT2D eigenvalue weighted by Gasteiger charge is -2.59. The molecular weight excluding hydrogens is 865 g/mol. The van der Waals surface area contributed by atoms with Gasteiger partial charge in [-0.3, -0.25) is 38.4 Å². The molecule has 56 heavy (non-hydrogen) atoms. The Morgan fingerprint density at radius 2 is 0.714 bits per heavy atom. The van der Waals surface area contributed by atoms with Gasteiger partial charge in [0.1, 0.15) is 24.4 Å². The molecule has 0 spiro atoms. The largest absolute Gasteiger partial charge is 0.382 e. The van der Waals surface area contributed by atoms with E-state index < -0.39 is 115 Å². The Morgan fingerprint density at radius 3 is 0.857 bits per heavy atom. The van der Waals surface area contributed by atoms with Gasteiger partial charge in [0.05, 0.1) is 0 Å². The second kappa shape index (κ2) is 21.0. The van der Waals surface area contributed by atoms with E-state index in [1.807, 2.05) is 0 Å². The van der Waals surface area contributed by atoms with Gasteiger partial charge in [-0.2, -0.15) is 0 Å². The van der Waals surface area contributed by atoms with E-state index in [1.54, 1.807) is 21.6 Å². The van der Waals surface area contributed by atoms with E-state index in [9.17, 15) is 79.2 Å². The minimum atomic E-state index is -3.89. The van der Waals surface area contributed by atoms with Crippen LogP contribution in [0, 0.1) is 0 Å². The van der Waals surface area contributed by atoms with Crippen LogP contribution in [0.5, 0.6) is 0 Å². The monoisotopic (exact) mass is 914 g/mol. The minimum Gasteiger partial charge on any atom is -0.382 e. The summed E-state index contributed by atoms with van der Waals surface area (Å²) in [5.41, 5.74) is -27.5. The maximum absolute atomic E-state index is 13.1. The molecule has 0 aromatic heterocycles. The first kappa shape index (κ1) is 55.1. The van der Waals surface area contributed by atoms with Crippen LogP contribution in [0.25, 0.3) is 0 Å². The molecule has 18 nitrogen and oxygen atoms in total. The third-order valence-corrected chi connectivity index (χ3v) is 14.1. The van der Waals surface area contributed by atoms with Crippen LogP contribution in [0.4, 0.5) is 0 Å². The van der Waals surface area contributed by atoms with Crippen molar-refractivity contribution in [2.75, 3.05) is 11.5 Å². The van der Waals surface area contributed by atoms with Crippen LogP contribution in [0.3, 0.4) is 0 Å². The van der Waals surface area contributed by atoms with Gasteiger partial charge in [-0.15, -0.1) is 23.3 Å². The van der Waals surface area contributed by atoms with E-state index in [0.717, 1.165) is 25.4 Å². The maximum Gasteiger partial charge on any atom is 0.200 e. The van der Waals surface area contributed by atoms with Gasteiger partial charge in [0, 0.05) is 11.5 Å². The number of rotatable bonds is 15. The van der Waals surface area contributed by atoms with E-state index in [2.05, 4.69) is 37.2 Å². The third-order valence-electron chi connectivity index (χ3n) is 9.31. The van der Waals surface area contributed by atoms with Crippen LogP contribution in [0.1, 0.15) is 69.2 Å². The fourth-order valence-electron chi connectivity index (χ4n) is 6.14. The molecule has 0 saturated carbocycles. The summed E-state index contributed by atoms with van der Waals surface area (Å²) >= 11 is 7.67. The molecule has 2 saturated heterocycles. The topological polar surface area (TPSA) is 317 Å². The van der Waals surface area contributed by atoms with Gasteiger partial charge in [-0.05, 0) is 55.4 Å². The van der Waals surface area contributed by atoms with Gasteiger partial charge >= 0.3 is 0 Å². The summed E-state index contributed by atoms with van der Waals surface area (Å²) in [4.78, 5) is 102. The van der Waals surface area contributed by atoms with E-state index >= 15 is 0 Å². The maximum atomic E-state index is 13.1. The van der Waals surface area contributed by atoms with E-state index in [1.165, 1.54) is 0 Å². The van der Waals surface area contributed by atoms with Crippen LogP contribution < -0.4 is 0 Å². The normalized spacial score (nSPS) is 36.3. The molecule has 322 valence electrons. The first-order valence-corrected chi connectivity index (χ1v) is 22.7. The highest BCUT2D eigenvalue weighted by molar-refractivity contribution is 8.77. The summed E-state index contributed by atoms with van der Waals surface area (Å²) in [5.74, 6) is -9.72. The summed E-state index contributed by atoms with van der Waals surface area (Å²) in [6.45, 7) is 9.07. The number of Topliss-reactive ketones (excluding diaryl/α,β-unsaturated/α-hetero) is 8. The molecular formula is C32H50O18S6. The number of carbonyl (C=O) groups is 8. The highest BCUT2D eigenvalue weighted by Crippen LogP contribution is 2.57. The SMILES string of the molecule is CC(=O)C(O)[C@H]1O[C@@H](SS[C@@H]2O[C@H](C(O)C(C)=O)[C@@](O)(C(C)=O)[C@@](O)(C(C)=O)[C@]2(O)C(C)=O)[C@@](O)(C(C)=O)[C@](O)(C(C)=O)[C@]1(O)C(C)=O.CCSS.CCSS. The highest BCUT2D eigenvalue weighted by atomic mass is 33.1. The summed E-state index contributed by atoms with van der Waals surface area (Å²) in [7, 11) is 2.98. The number of thiol groups is 2. The molecule has 2 aliphatic rings. The quantitative estimate of drug-likeness (QED) is 0.0682. The summed E-state index contributed by atoms with van der Waals surface area (Å²) in [5, 5.41) is 91.2. The molecule has 0 aromatic carbocycles. The fourth-order valence-corrected chi connectivity index (χ4v) is 9.33. The van der Waals surface area contributed by atoms with Crippen molar-refractivity contribution >= 4 is 113 Å². The Morgan fingerprint density at radius 1 is 0.500 bits per heavy atom. The van der Waals surface area contributed by atoms with Crippen LogP contribution in [-0.4, -0.2) is 168 Å². The van der Waals surface area contributed by atoms with Crippen LogP contribution >= 0.6 is 66.5 Å². The first-order chi connectivity index (χ1) is 25.4. The number of hydrogen-bond acceptors (Lipinski definition) is 24. The molecule has 0 bridgehead atoms.